The van der Waals surface area contributed by atoms with Crippen molar-refractivity contribution in [1.82, 2.24) is 0 Å². The number of amides is 1. The van der Waals surface area contributed by atoms with Crippen LogP contribution in [0.5, 0.6) is 0 Å². The summed E-state index contributed by atoms with van der Waals surface area (Å²) in [4.78, 5) is 26.0. The maximum absolute atomic E-state index is 12.2. The fraction of sp³-hybridized carbons (Fsp3) is 0.529. The van der Waals surface area contributed by atoms with Crippen LogP contribution < -0.4 is 4.90 Å². The summed E-state index contributed by atoms with van der Waals surface area (Å²) in [6, 6.07) is 7.52. The number of benzene rings is 1. The monoisotopic (exact) mass is 381 g/mol. The maximum atomic E-state index is 12.2. The number of hydrogen-bond acceptors (Lipinski definition) is 4. The van der Waals surface area contributed by atoms with E-state index in [4.69, 9.17) is 9.47 Å². The van der Waals surface area contributed by atoms with Gasteiger partial charge in [0.25, 0.3) is 0 Å². The predicted molar refractivity (Wildman–Crippen MR) is 89.2 cm³/mol. The number of nitrogens with zero attached hydrogens (tertiary/aromatic N) is 1. The second-order valence-electron chi connectivity index (χ2n) is 6.00. The van der Waals surface area contributed by atoms with Crippen molar-refractivity contribution in [3.8, 4) is 0 Å². The Morgan fingerprint density at radius 2 is 2.26 bits per heavy atom. The van der Waals surface area contributed by atoms with Crippen molar-refractivity contribution in [3.05, 3.63) is 28.7 Å². The van der Waals surface area contributed by atoms with Gasteiger partial charge in [0.15, 0.2) is 0 Å². The van der Waals surface area contributed by atoms with Crippen LogP contribution in [0, 0.1) is 5.92 Å². The van der Waals surface area contributed by atoms with Gasteiger partial charge in [-0.25, -0.2) is 0 Å². The lowest BCUT2D eigenvalue weighted by atomic mass is 10.1. The number of rotatable bonds is 4. The smallest absolute Gasteiger partial charge is 0.311 e. The van der Waals surface area contributed by atoms with Crippen LogP contribution >= 0.6 is 15.9 Å². The van der Waals surface area contributed by atoms with E-state index < -0.39 is 5.92 Å². The second kappa shape index (κ2) is 7.45. The van der Waals surface area contributed by atoms with Gasteiger partial charge in [-0.1, -0.05) is 22.0 Å². The highest BCUT2D eigenvalue weighted by Crippen LogP contribution is 2.28. The third-order valence-corrected chi connectivity index (χ3v) is 4.76. The van der Waals surface area contributed by atoms with E-state index in [-0.39, 0.29) is 24.4 Å². The highest BCUT2D eigenvalue weighted by molar-refractivity contribution is 9.10. The van der Waals surface area contributed by atoms with Gasteiger partial charge in [0, 0.05) is 29.7 Å². The molecule has 0 aromatic heterocycles. The Morgan fingerprint density at radius 1 is 1.39 bits per heavy atom. The molecule has 3 rings (SSSR count). The number of carbonyl (C=O) groups is 2. The van der Waals surface area contributed by atoms with Gasteiger partial charge < -0.3 is 14.4 Å². The van der Waals surface area contributed by atoms with E-state index in [0.717, 1.165) is 36.0 Å². The van der Waals surface area contributed by atoms with Gasteiger partial charge in [0.2, 0.25) is 5.91 Å². The van der Waals surface area contributed by atoms with E-state index >= 15 is 0 Å². The average Bonchev–Trinajstić information content (AvgIpc) is 2.95. The fourth-order valence-corrected chi connectivity index (χ4v) is 3.38. The molecule has 0 spiro atoms. The lowest BCUT2D eigenvalue weighted by Crippen LogP contribution is -2.29. The minimum atomic E-state index is -0.398. The van der Waals surface area contributed by atoms with Crippen LogP contribution in [0.25, 0.3) is 0 Å². The molecular weight excluding hydrogens is 362 g/mol. The topological polar surface area (TPSA) is 55.8 Å². The summed E-state index contributed by atoms with van der Waals surface area (Å²) in [5.41, 5.74) is 0.801. The molecule has 2 aliphatic rings. The molecule has 2 saturated heterocycles. The summed E-state index contributed by atoms with van der Waals surface area (Å²) in [5.74, 6) is -0.742. The minimum Gasteiger partial charge on any atom is -0.463 e. The highest BCUT2D eigenvalue weighted by atomic mass is 79.9. The van der Waals surface area contributed by atoms with Crippen molar-refractivity contribution in [2.45, 2.75) is 31.8 Å². The number of carbonyl (C=O) groups excluding carboxylic acids is 2. The summed E-state index contributed by atoms with van der Waals surface area (Å²) < 4.78 is 11.8. The summed E-state index contributed by atoms with van der Waals surface area (Å²) in [6.07, 6.45) is 3.33. The van der Waals surface area contributed by atoms with Crippen molar-refractivity contribution < 1.29 is 19.1 Å². The summed E-state index contributed by atoms with van der Waals surface area (Å²) in [5, 5.41) is 0. The highest BCUT2D eigenvalue weighted by Gasteiger charge is 2.36. The molecule has 23 heavy (non-hydrogen) atoms. The van der Waals surface area contributed by atoms with Gasteiger partial charge in [-0.05, 0) is 37.5 Å². The molecule has 0 N–H and O–H groups in total. The molecule has 0 radical (unpaired) electrons. The van der Waals surface area contributed by atoms with E-state index in [0.29, 0.717) is 13.2 Å². The predicted octanol–water partition coefficient (Wildman–Crippen LogP) is 2.91. The standard InChI is InChI=1S/C17H20BrNO4/c18-13-4-3-5-14(9-13)19-10-12(8-16(19)20)17(21)23-11-15-6-1-2-7-22-15/h3-5,9,12,15H,1-2,6-8,10-11H2. The van der Waals surface area contributed by atoms with Gasteiger partial charge in [-0.2, -0.15) is 0 Å². The molecule has 5 nitrogen and oxygen atoms in total. The Labute approximate surface area is 144 Å². The zero-order valence-corrected chi connectivity index (χ0v) is 14.5. The molecule has 2 unspecified atom stereocenters. The molecule has 0 bridgehead atoms. The van der Waals surface area contributed by atoms with Crippen LogP contribution in [0.15, 0.2) is 28.7 Å². The van der Waals surface area contributed by atoms with Crippen molar-refractivity contribution >= 4 is 33.5 Å². The van der Waals surface area contributed by atoms with E-state index in [1.54, 1.807) is 4.90 Å². The maximum Gasteiger partial charge on any atom is 0.311 e. The Bertz CT molecular complexity index is 586. The largest absolute Gasteiger partial charge is 0.463 e. The quantitative estimate of drug-likeness (QED) is 0.752. The van der Waals surface area contributed by atoms with Crippen LogP contribution in [0.4, 0.5) is 5.69 Å². The molecule has 2 heterocycles. The molecule has 2 atom stereocenters. The summed E-state index contributed by atoms with van der Waals surface area (Å²) in [6.45, 7) is 1.40. The molecule has 2 aliphatic heterocycles. The summed E-state index contributed by atoms with van der Waals surface area (Å²) >= 11 is 3.40. The first-order chi connectivity index (χ1) is 11.1. The van der Waals surface area contributed by atoms with Gasteiger partial charge in [0.1, 0.15) is 6.61 Å². The number of ether oxygens (including phenoxy) is 2. The molecular formula is C17H20BrNO4. The van der Waals surface area contributed by atoms with Gasteiger partial charge in [-0.15, -0.1) is 0 Å². The Hall–Kier alpha value is -1.40. The van der Waals surface area contributed by atoms with Gasteiger partial charge in [0.05, 0.1) is 12.0 Å². The third-order valence-electron chi connectivity index (χ3n) is 4.26. The second-order valence-corrected chi connectivity index (χ2v) is 6.92. The number of anilines is 1. The van der Waals surface area contributed by atoms with Crippen molar-refractivity contribution in [3.63, 3.8) is 0 Å². The molecule has 1 amide bonds. The third kappa shape index (κ3) is 4.12. The lowest BCUT2D eigenvalue weighted by molar-refractivity contribution is -0.153. The van der Waals surface area contributed by atoms with Gasteiger partial charge >= 0.3 is 5.97 Å². The van der Waals surface area contributed by atoms with Gasteiger partial charge in [-0.3, -0.25) is 9.59 Å². The van der Waals surface area contributed by atoms with Crippen molar-refractivity contribution in [2.24, 2.45) is 5.92 Å². The van der Waals surface area contributed by atoms with E-state index in [1.807, 2.05) is 24.3 Å². The molecule has 0 saturated carbocycles. The zero-order chi connectivity index (χ0) is 16.2. The first-order valence-corrected chi connectivity index (χ1v) is 8.77. The molecule has 1 aromatic carbocycles. The molecule has 0 aliphatic carbocycles. The fourth-order valence-electron chi connectivity index (χ4n) is 2.99. The van der Waals surface area contributed by atoms with Crippen LogP contribution in [0.1, 0.15) is 25.7 Å². The lowest BCUT2D eigenvalue weighted by Gasteiger charge is -2.22. The molecule has 6 heteroatoms. The normalized spacial score (nSPS) is 24.7. The summed E-state index contributed by atoms with van der Waals surface area (Å²) in [7, 11) is 0. The minimum absolute atomic E-state index is 0.00554. The molecule has 2 fully saturated rings. The van der Waals surface area contributed by atoms with Crippen LogP contribution in [0.3, 0.4) is 0 Å². The van der Waals surface area contributed by atoms with Crippen LogP contribution in [0.2, 0.25) is 0 Å². The first-order valence-electron chi connectivity index (χ1n) is 7.97. The Balaban J connectivity index is 1.55. The van der Waals surface area contributed by atoms with E-state index in [1.165, 1.54) is 0 Å². The van der Waals surface area contributed by atoms with E-state index in [2.05, 4.69) is 15.9 Å². The van der Waals surface area contributed by atoms with Crippen LogP contribution in [-0.4, -0.2) is 37.7 Å². The molecule has 1 aromatic rings. The average molecular weight is 382 g/mol. The van der Waals surface area contributed by atoms with E-state index in [9.17, 15) is 9.59 Å². The SMILES string of the molecule is O=C(OCC1CCCCO1)C1CC(=O)N(c2cccc(Br)c2)C1. The number of halogens is 1. The van der Waals surface area contributed by atoms with Crippen molar-refractivity contribution in [2.75, 3.05) is 24.7 Å². The van der Waals surface area contributed by atoms with Crippen LogP contribution in [-0.2, 0) is 19.1 Å². The number of hydrogen-bond donors (Lipinski definition) is 0. The Morgan fingerprint density at radius 3 is 3.00 bits per heavy atom. The van der Waals surface area contributed by atoms with Crippen molar-refractivity contribution in [1.29, 1.82) is 0 Å². The number of esters is 1. The first kappa shape index (κ1) is 16.5. The molecule has 124 valence electrons. The zero-order valence-electron chi connectivity index (χ0n) is 12.9. The Kier molecular flexibility index (Phi) is 5.33.